The third-order valence-electron chi connectivity index (χ3n) is 6.96. The molecule has 6 atom stereocenters. The molecule has 3 aliphatic rings. The molecule has 0 aromatic carbocycles. The fourth-order valence-corrected chi connectivity index (χ4v) is 5.56. The number of fused-ring (bicyclic) bond motifs is 1. The largest absolute Gasteiger partial charge is 0.394 e. The molecular formula is C20H33N3O5. The van der Waals surface area contributed by atoms with E-state index in [1.54, 1.807) is 14.0 Å². The zero-order chi connectivity index (χ0) is 20.7. The van der Waals surface area contributed by atoms with Crippen LogP contribution in [0.4, 0.5) is 0 Å². The number of hydrogen-bond acceptors (Lipinski definition) is 5. The van der Waals surface area contributed by atoms with E-state index in [-0.39, 0.29) is 24.3 Å². The van der Waals surface area contributed by atoms with Gasteiger partial charge in [0.25, 0.3) is 0 Å². The molecular weight excluding hydrogens is 362 g/mol. The summed E-state index contributed by atoms with van der Waals surface area (Å²) in [6, 6.07) is -1.35. The summed E-state index contributed by atoms with van der Waals surface area (Å²) in [6.45, 7) is 6.00. The molecule has 28 heavy (non-hydrogen) atoms. The molecule has 2 unspecified atom stereocenters. The van der Waals surface area contributed by atoms with Crippen LogP contribution in [0.25, 0.3) is 0 Å². The van der Waals surface area contributed by atoms with Crippen molar-refractivity contribution in [3.8, 4) is 0 Å². The van der Waals surface area contributed by atoms with Crippen molar-refractivity contribution >= 4 is 17.7 Å². The van der Waals surface area contributed by atoms with Crippen LogP contribution in [-0.4, -0.2) is 71.2 Å². The first kappa shape index (κ1) is 21.0. The molecule has 3 saturated heterocycles. The van der Waals surface area contributed by atoms with E-state index in [0.29, 0.717) is 25.8 Å². The van der Waals surface area contributed by atoms with E-state index in [1.807, 2.05) is 13.8 Å². The second-order valence-electron chi connectivity index (χ2n) is 8.37. The second-order valence-corrected chi connectivity index (χ2v) is 8.37. The molecule has 8 heteroatoms. The molecule has 158 valence electrons. The highest BCUT2D eigenvalue weighted by atomic mass is 16.5. The zero-order valence-electron chi connectivity index (χ0n) is 17.3. The maximum atomic E-state index is 13.5. The van der Waals surface area contributed by atoms with Gasteiger partial charge in [0, 0.05) is 13.6 Å². The number of aliphatic hydroxyl groups is 1. The van der Waals surface area contributed by atoms with Crippen LogP contribution in [-0.2, 0) is 19.1 Å². The van der Waals surface area contributed by atoms with Crippen LogP contribution in [0.15, 0.2) is 0 Å². The SMILES string of the molecule is CCCCNC(=O)C1N([C@H](C)CO)C(=O)[C@@H]2[C@H](C(=O)NC)[C@]3(CC)CCC12O3. The van der Waals surface area contributed by atoms with Crippen molar-refractivity contribution < 1.29 is 24.2 Å². The molecule has 1 spiro atoms. The summed E-state index contributed by atoms with van der Waals surface area (Å²) in [5.74, 6) is -2.05. The Morgan fingerprint density at radius 1 is 1.32 bits per heavy atom. The van der Waals surface area contributed by atoms with Gasteiger partial charge in [-0.2, -0.15) is 0 Å². The average molecular weight is 396 g/mol. The molecule has 3 aliphatic heterocycles. The van der Waals surface area contributed by atoms with Crippen LogP contribution < -0.4 is 10.6 Å². The van der Waals surface area contributed by atoms with E-state index in [9.17, 15) is 19.5 Å². The summed E-state index contributed by atoms with van der Waals surface area (Å²) in [7, 11) is 1.56. The lowest BCUT2D eigenvalue weighted by Gasteiger charge is -2.36. The van der Waals surface area contributed by atoms with Crippen molar-refractivity contribution in [2.75, 3.05) is 20.2 Å². The van der Waals surface area contributed by atoms with Crippen LogP contribution in [0.5, 0.6) is 0 Å². The molecule has 0 aromatic heterocycles. The van der Waals surface area contributed by atoms with Gasteiger partial charge in [-0.1, -0.05) is 20.3 Å². The normalized spacial score (nSPS) is 37.1. The van der Waals surface area contributed by atoms with Gasteiger partial charge in [0.2, 0.25) is 17.7 Å². The number of amides is 3. The highest BCUT2D eigenvalue weighted by Crippen LogP contribution is 2.64. The molecule has 3 fully saturated rings. The maximum Gasteiger partial charge on any atom is 0.245 e. The summed E-state index contributed by atoms with van der Waals surface area (Å²) in [5.41, 5.74) is -1.72. The molecule has 8 nitrogen and oxygen atoms in total. The molecule has 0 radical (unpaired) electrons. The molecule has 3 rings (SSSR count). The number of hydrogen-bond donors (Lipinski definition) is 3. The molecule has 3 amide bonds. The van der Waals surface area contributed by atoms with Crippen LogP contribution in [0.1, 0.15) is 52.9 Å². The lowest BCUT2D eigenvalue weighted by molar-refractivity contribution is -0.150. The monoisotopic (exact) mass is 395 g/mol. The smallest absolute Gasteiger partial charge is 0.245 e. The Morgan fingerprint density at radius 3 is 2.61 bits per heavy atom. The molecule has 3 N–H and O–H groups in total. The highest BCUT2D eigenvalue weighted by molar-refractivity contribution is 5.99. The third-order valence-corrected chi connectivity index (χ3v) is 6.96. The van der Waals surface area contributed by atoms with Gasteiger partial charge in [0.05, 0.1) is 30.1 Å². The van der Waals surface area contributed by atoms with E-state index in [4.69, 9.17) is 4.74 Å². The predicted molar refractivity (Wildman–Crippen MR) is 102 cm³/mol. The second kappa shape index (κ2) is 7.63. The van der Waals surface area contributed by atoms with E-state index in [0.717, 1.165) is 12.8 Å². The maximum absolute atomic E-state index is 13.5. The van der Waals surface area contributed by atoms with E-state index >= 15 is 0 Å². The number of aliphatic hydroxyl groups excluding tert-OH is 1. The van der Waals surface area contributed by atoms with Crippen LogP contribution in [0.2, 0.25) is 0 Å². The van der Waals surface area contributed by atoms with Crippen molar-refractivity contribution in [2.24, 2.45) is 11.8 Å². The Hall–Kier alpha value is -1.67. The summed E-state index contributed by atoms with van der Waals surface area (Å²) in [4.78, 5) is 40.9. The number of nitrogens with zero attached hydrogens (tertiary/aromatic N) is 1. The van der Waals surface area contributed by atoms with E-state index in [1.165, 1.54) is 4.90 Å². The van der Waals surface area contributed by atoms with Crippen molar-refractivity contribution in [1.82, 2.24) is 15.5 Å². The highest BCUT2D eigenvalue weighted by Gasteiger charge is 2.78. The number of likely N-dealkylation sites (tertiary alicyclic amines) is 1. The first-order valence-electron chi connectivity index (χ1n) is 10.5. The molecule has 3 heterocycles. The van der Waals surface area contributed by atoms with Gasteiger partial charge in [-0.05, 0) is 32.6 Å². The fourth-order valence-electron chi connectivity index (χ4n) is 5.56. The van der Waals surface area contributed by atoms with Crippen molar-refractivity contribution in [2.45, 2.75) is 76.2 Å². The number of unbranched alkanes of at least 4 members (excludes halogenated alkanes) is 1. The van der Waals surface area contributed by atoms with Crippen molar-refractivity contribution in [3.05, 3.63) is 0 Å². The van der Waals surface area contributed by atoms with Gasteiger partial charge < -0.3 is 25.4 Å². The van der Waals surface area contributed by atoms with Crippen molar-refractivity contribution in [3.63, 3.8) is 0 Å². The van der Waals surface area contributed by atoms with Gasteiger partial charge in [-0.15, -0.1) is 0 Å². The predicted octanol–water partition coefficient (Wildman–Crippen LogP) is 0.184. The first-order chi connectivity index (χ1) is 13.3. The van der Waals surface area contributed by atoms with Gasteiger partial charge in [-0.25, -0.2) is 0 Å². The third kappa shape index (κ3) is 2.76. The Balaban J connectivity index is 2.04. The Labute approximate surface area is 166 Å². The van der Waals surface area contributed by atoms with Gasteiger partial charge in [-0.3, -0.25) is 14.4 Å². The standard InChI is InChI=1S/C20H33N3O5/c1-5-7-10-22-17(26)15-20-9-8-19(6-2,28-20)13(16(25)21-4)14(20)18(27)23(15)12(3)11-24/h12-15,24H,5-11H2,1-4H3,(H,21,25)(H,22,26)/t12-,13-,14+,15?,19+,20?/m1/s1. The van der Waals surface area contributed by atoms with Crippen LogP contribution in [0, 0.1) is 11.8 Å². The number of nitrogens with one attached hydrogen (secondary N) is 2. The first-order valence-corrected chi connectivity index (χ1v) is 10.5. The quantitative estimate of drug-likeness (QED) is 0.508. The van der Waals surface area contributed by atoms with Gasteiger partial charge in [0.15, 0.2) is 0 Å². The topological polar surface area (TPSA) is 108 Å². The van der Waals surface area contributed by atoms with Crippen LogP contribution >= 0.6 is 0 Å². The minimum Gasteiger partial charge on any atom is -0.394 e. The fraction of sp³-hybridized carbons (Fsp3) is 0.850. The van der Waals surface area contributed by atoms with Gasteiger partial charge >= 0.3 is 0 Å². The number of carbonyl (C=O) groups excluding carboxylic acids is 3. The summed E-state index contributed by atoms with van der Waals surface area (Å²) < 4.78 is 6.53. The van der Waals surface area contributed by atoms with E-state index in [2.05, 4.69) is 10.6 Å². The van der Waals surface area contributed by atoms with Crippen LogP contribution in [0.3, 0.4) is 0 Å². The van der Waals surface area contributed by atoms with E-state index < -0.39 is 35.1 Å². The molecule has 2 bridgehead atoms. The molecule has 0 aliphatic carbocycles. The summed E-state index contributed by atoms with van der Waals surface area (Å²) in [6.07, 6.45) is 3.61. The molecule has 0 aromatic rings. The Kier molecular flexibility index (Phi) is 5.74. The Bertz CT molecular complexity index is 656. The van der Waals surface area contributed by atoms with Gasteiger partial charge in [0.1, 0.15) is 11.6 Å². The lowest BCUT2D eigenvalue weighted by Crippen LogP contribution is -2.57. The molecule has 0 saturated carbocycles. The lowest BCUT2D eigenvalue weighted by atomic mass is 9.65. The average Bonchev–Trinajstić information content (AvgIpc) is 3.30. The number of ether oxygens (including phenoxy) is 1. The summed E-state index contributed by atoms with van der Waals surface area (Å²) in [5, 5.41) is 15.4. The number of rotatable bonds is 8. The number of carbonyl (C=O) groups is 3. The summed E-state index contributed by atoms with van der Waals surface area (Å²) >= 11 is 0. The van der Waals surface area contributed by atoms with Crippen molar-refractivity contribution in [1.29, 1.82) is 0 Å². The minimum atomic E-state index is -1.01. The Morgan fingerprint density at radius 2 is 2.04 bits per heavy atom. The zero-order valence-corrected chi connectivity index (χ0v) is 17.3. The minimum absolute atomic E-state index is 0.217.